The number of nitrogens with zero attached hydrogens (tertiary/aromatic N) is 5. The second-order valence-corrected chi connectivity index (χ2v) is 33.5. The Kier molecular flexibility index (Phi) is 19.6. The highest BCUT2D eigenvalue weighted by Crippen LogP contribution is 2.52. The van der Waals surface area contributed by atoms with Gasteiger partial charge in [-0.05, 0) is 110 Å². The number of amides is 2. The van der Waals surface area contributed by atoms with Crippen LogP contribution >= 0.6 is 11.3 Å². The first-order valence-electron chi connectivity index (χ1n) is 26.8. The number of nitrogens with two attached hydrogens (primary N) is 1. The largest absolute Gasteiger partial charge is 0.352 e. The highest BCUT2D eigenvalue weighted by molar-refractivity contribution is 7.91. The number of carbonyl (C=O) groups excluding carboxylic acids is 2. The predicted octanol–water partition coefficient (Wildman–Crippen LogP) is 5.06. The summed E-state index contributed by atoms with van der Waals surface area (Å²) in [6, 6.07) is 11.5. The maximum absolute atomic E-state index is 13.5. The number of benzene rings is 4. The molecule has 0 radical (unpaired) electrons. The first-order valence-corrected chi connectivity index (χ1v) is 38.2. The van der Waals surface area contributed by atoms with E-state index in [1.165, 1.54) is 54.7 Å². The van der Waals surface area contributed by atoms with Crippen LogP contribution in [0.25, 0.3) is 27.1 Å². The van der Waals surface area contributed by atoms with Crippen LogP contribution in [0.15, 0.2) is 121 Å². The molecule has 0 bridgehead atoms. The Labute approximate surface area is 527 Å². The third kappa shape index (κ3) is 16.0. The van der Waals surface area contributed by atoms with Crippen LogP contribution in [0.4, 0.5) is 16.5 Å². The van der Waals surface area contributed by atoms with Crippen LogP contribution in [0.3, 0.4) is 0 Å². The number of aromatic nitrogens is 3. The van der Waals surface area contributed by atoms with Crippen LogP contribution < -0.4 is 20.7 Å². The number of hydrogen-bond acceptors (Lipinski definition) is 21. The van der Waals surface area contributed by atoms with E-state index in [9.17, 15) is 95.8 Å². The van der Waals surface area contributed by atoms with Gasteiger partial charge in [0.2, 0.25) is 21.1 Å². The number of anilines is 2. The summed E-state index contributed by atoms with van der Waals surface area (Å²) in [5.41, 5.74) is -0.601. The molecule has 6 aromatic rings. The number of rotatable bonds is 25. The number of carbonyl (C=O) groups is 2. The molecule has 490 valence electrons. The van der Waals surface area contributed by atoms with Gasteiger partial charge in [-0.3, -0.25) is 41.9 Å². The van der Waals surface area contributed by atoms with Gasteiger partial charge in [-0.15, -0.1) is 10.2 Å². The van der Waals surface area contributed by atoms with Crippen molar-refractivity contribution in [3.63, 3.8) is 0 Å². The molecule has 4 heterocycles. The van der Waals surface area contributed by atoms with E-state index in [1.807, 2.05) is 0 Å². The van der Waals surface area contributed by atoms with Gasteiger partial charge in [0.1, 0.15) is 16.3 Å². The number of pyridine rings is 1. The summed E-state index contributed by atoms with van der Waals surface area (Å²) >= 11 is 0.581. The number of primary sulfonamides is 1. The smallest absolute Gasteiger partial charge is 0.295 e. The maximum atomic E-state index is 13.5. The third-order valence-corrected chi connectivity index (χ3v) is 22.1. The fourth-order valence-corrected chi connectivity index (χ4v) is 16.0. The standard InChI is InChI=1S/C53H58N8O22S8/c1-52(2)44(60(22-8-24-85(64,65)66)40-17-14-35-37(47(40)52)26-33(88(72,73)74)28-42(35)90(78,79)80)19-12-31(39-16-11-32(30-56-39)49(63)55-21-7-5-6-10-46(62)57-50-58-59-51(84-50)87(54,70)71)13-20-45-53(3,4)48-38-27-34(89(75,76)77)29-43(91(81,82)83)36(38)15-18-41(48)61(45)23-9-25-86(67,68)69/h11-20,26-30H,5-10,21-25H2,1-4H3,(H9-,54,55,57,58,62,63,64,65,66,67,68,69,70,71,72,73,74,75,76,77,78,79,80,81,82,83)/p+1. The van der Waals surface area contributed by atoms with E-state index in [0.29, 0.717) is 54.1 Å². The van der Waals surface area contributed by atoms with Crippen molar-refractivity contribution in [2.24, 2.45) is 5.14 Å². The van der Waals surface area contributed by atoms with E-state index in [0.717, 1.165) is 12.1 Å². The summed E-state index contributed by atoms with van der Waals surface area (Å²) < 4.78 is 235. The topological polar surface area (TPSA) is 489 Å². The molecule has 0 aliphatic carbocycles. The van der Waals surface area contributed by atoms with Crippen molar-refractivity contribution in [2.75, 3.05) is 41.4 Å². The zero-order valence-corrected chi connectivity index (χ0v) is 54.8. The summed E-state index contributed by atoms with van der Waals surface area (Å²) in [5.74, 6) is -2.51. The van der Waals surface area contributed by atoms with Crippen LogP contribution in [0, 0.1) is 0 Å². The Bertz CT molecular complexity index is 4990. The lowest BCUT2D eigenvalue weighted by Crippen LogP contribution is -2.28. The van der Waals surface area contributed by atoms with Crippen molar-refractivity contribution in [1.82, 2.24) is 20.5 Å². The Morgan fingerprint density at radius 1 is 0.659 bits per heavy atom. The zero-order valence-electron chi connectivity index (χ0n) is 48.2. The van der Waals surface area contributed by atoms with Crippen LogP contribution in [0.5, 0.6) is 0 Å². The van der Waals surface area contributed by atoms with E-state index in [1.54, 1.807) is 49.3 Å². The molecule has 0 saturated carbocycles. The van der Waals surface area contributed by atoms with Crippen LogP contribution in [-0.2, 0) is 86.4 Å². The van der Waals surface area contributed by atoms with Crippen molar-refractivity contribution < 1.29 is 100 Å². The summed E-state index contributed by atoms with van der Waals surface area (Å²) in [5, 5.41) is 16.7. The number of hydrogen-bond donors (Lipinski definition) is 9. The Morgan fingerprint density at radius 2 is 1.24 bits per heavy atom. The molecule has 0 atom stereocenters. The van der Waals surface area contributed by atoms with Gasteiger partial charge in [-0.25, -0.2) is 13.6 Å². The highest BCUT2D eigenvalue weighted by atomic mass is 32.3. The first-order chi connectivity index (χ1) is 41.9. The first kappa shape index (κ1) is 70.0. The molecule has 2 amide bonds. The molecule has 2 aromatic heterocycles. The van der Waals surface area contributed by atoms with Crippen molar-refractivity contribution in [1.29, 1.82) is 0 Å². The van der Waals surface area contributed by atoms with Crippen LogP contribution in [-0.4, -0.2) is 155 Å². The number of sulfonamides is 1. The molecule has 0 spiro atoms. The van der Waals surface area contributed by atoms with E-state index < -0.39 is 129 Å². The minimum absolute atomic E-state index is 0.0241. The van der Waals surface area contributed by atoms with Crippen LogP contribution in [0.1, 0.15) is 93.4 Å². The molecule has 0 unspecified atom stereocenters. The molecule has 10 N–H and O–H groups in total. The third-order valence-electron chi connectivity index (χ3n) is 14.9. The molecule has 91 heavy (non-hydrogen) atoms. The molecular formula is C53H59N8O22S8+. The van der Waals surface area contributed by atoms with Crippen LogP contribution in [0.2, 0.25) is 0 Å². The molecular weight excluding hydrogens is 1360 g/mol. The fourth-order valence-electron chi connectivity index (χ4n) is 11.0. The maximum Gasteiger partial charge on any atom is 0.295 e. The second-order valence-electron chi connectivity index (χ2n) is 22.0. The van der Waals surface area contributed by atoms with Gasteiger partial charge in [0, 0.05) is 83.0 Å². The van der Waals surface area contributed by atoms with Gasteiger partial charge in [-0.2, -0.15) is 55.1 Å². The second kappa shape index (κ2) is 25.5. The van der Waals surface area contributed by atoms with Gasteiger partial charge in [-0.1, -0.05) is 43.7 Å². The Balaban J connectivity index is 1.23. The van der Waals surface area contributed by atoms with Crippen molar-refractivity contribution in [3.8, 4) is 0 Å². The Hall–Kier alpha value is -6.89. The average molecular weight is 1420 g/mol. The lowest BCUT2D eigenvalue weighted by atomic mass is 9.79. The van der Waals surface area contributed by atoms with E-state index >= 15 is 0 Å². The zero-order chi connectivity index (χ0) is 67.4. The lowest BCUT2D eigenvalue weighted by molar-refractivity contribution is -0.437. The monoisotopic (exact) mass is 1420 g/mol. The number of allylic oxidation sites excluding steroid dienone is 6. The number of nitrogens with one attached hydrogen (secondary N) is 2. The van der Waals surface area contributed by atoms with Gasteiger partial charge in [0.25, 0.3) is 76.6 Å². The minimum atomic E-state index is -5.18. The average Bonchev–Trinajstić information content (AvgIpc) is 1.62. The van der Waals surface area contributed by atoms with E-state index in [2.05, 4.69) is 25.8 Å². The lowest BCUT2D eigenvalue weighted by Gasteiger charge is -2.27. The molecule has 0 fully saturated rings. The quantitative estimate of drug-likeness (QED) is 0.0119. The van der Waals surface area contributed by atoms with Crippen molar-refractivity contribution in [2.45, 2.75) is 101 Å². The molecule has 2 aliphatic rings. The summed E-state index contributed by atoms with van der Waals surface area (Å²) in [4.78, 5) is 28.7. The van der Waals surface area contributed by atoms with Gasteiger partial charge in [0.05, 0.1) is 38.0 Å². The molecule has 4 aromatic carbocycles. The molecule has 8 rings (SSSR count). The van der Waals surface area contributed by atoms with Crippen molar-refractivity contribution >= 4 is 143 Å². The van der Waals surface area contributed by atoms with E-state index in [4.69, 9.17) is 5.14 Å². The van der Waals surface area contributed by atoms with E-state index in [-0.39, 0.29) is 105 Å². The van der Waals surface area contributed by atoms with Gasteiger partial charge >= 0.3 is 0 Å². The molecule has 2 aliphatic heterocycles. The summed E-state index contributed by atoms with van der Waals surface area (Å²) in [7, 11) is -33.9. The summed E-state index contributed by atoms with van der Waals surface area (Å²) in [6.07, 6.45) is 8.27. The number of unbranched alkanes of at least 4 members (excludes halogenated alkanes) is 2. The van der Waals surface area contributed by atoms with Gasteiger partial charge < -0.3 is 15.5 Å². The molecule has 0 saturated heterocycles. The Morgan fingerprint density at radius 3 is 1.78 bits per heavy atom. The summed E-state index contributed by atoms with van der Waals surface area (Å²) in [6.45, 7) is 6.43. The fraction of sp³-hybridized carbons (Fsp3) is 0.321. The van der Waals surface area contributed by atoms with Crippen molar-refractivity contribution in [3.05, 3.63) is 119 Å². The normalized spacial score (nSPS) is 16.1. The minimum Gasteiger partial charge on any atom is -0.352 e. The molecule has 38 heteroatoms. The predicted molar refractivity (Wildman–Crippen MR) is 333 cm³/mol. The number of fused-ring (bicyclic) bond motifs is 6. The molecule has 30 nitrogen and oxygen atoms in total. The SMILES string of the molecule is CC1(C)C(=CC=C(C=CC2=[N+](CCCS(=O)(=O)O)c3ccc4c(S(=O)(=O)O)cc(S(=O)(=O)O)cc4c3C2(C)C)c2ccc(C(=O)NCCCCCC(=O)Nc3nnc(S(N)(=O)=O)s3)cn2)N(CCCS(=O)(=O)O)c2ccc3c(S(=O)(=O)O)cc(S(=O)(=O)O)cc3c21. The van der Waals surface area contributed by atoms with Gasteiger partial charge in [0.15, 0.2) is 5.71 Å². The highest BCUT2D eigenvalue weighted by Gasteiger charge is 2.47.